The highest BCUT2D eigenvalue weighted by molar-refractivity contribution is 9.10. The largest absolute Gasteiger partial charge is 0.506 e. The van der Waals surface area contributed by atoms with Gasteiger partial charge >= 0.3 is 5.97 Å². The van der Waals surface area contributed by atoms with Crippen molar-refractivity contribution in [3.8, 4) is 17.0 Å². The van der Waals surface area contributed by atoms with E-state index in [1.165, 1.54) is 6.07 Å². The van der Waals surface area contributed by atoms with Crippen molar-refractivity contribution in [2.75, 3.05) is 0 Å². The Morgan fingerprint density at radius 3 is 2.56 bits per heavy atom. The standard InChI is InChI=1S/C12H11BrN2O3/c1-5-3-6(2)10(13)11(16)9(5)7-4-8(12(17)18)15-14-7/h3-4,16H,1-2H3,(H,14,15)(H,17,18). The lowest BCUT2D eigenvalue weighted by atomic mass is 10.0. The second-order valence-corrected chi connectivity index (χ2v) is 4.81. The van der Waals surface area contributed by atoms with Crippen molar-refractivity contribution in [1.82, 2.24) is 10.2 Å². The first-order valence-electron chi connectivity index (χ1n) is 5.19. The lowest BCUT2D eigenvalue weighted by Gasteiger charge is -2.10. The van der Waals surface area contributed by atoms with E-state index in [0.29, 0.717) is 15.7 Å². The maximum Gasteiger partial charge on any atom is 0.353 e. The van der Waals surface area contributed by atoms with Crippen LogP contribution in [0.25, 0.3) is 11.3 Å². The van der Waals surface area contributed by atoms with Crippen LogP contribution in [0, 0.1) is 13.8 Å². The Morgan fingerprint density at radius 1 is 1.33 bits per heavy atom. The van der Waals surface area contributed by atoms with E-state index in [2.05, 4.69) is 26.1 Å². The Kier molecular flexibility index (Phi) is 3.13. The Balaban J connectivity index is 2.63. The van der Waals surface area contributed by atoms with Crippen LogP contribution >= 0.6 is 15.9 Å². The Morgan fingerprint density at radius 2 is 2.00 bits per heavy atom. The second-order valence-electron chi connectivity index (χ2n) is 4.02. The number of aromatic nitrogens is 2. The number of nitrogens with one attached hydrogen (secondary N) is 1. The van der Waals surface area contributed by atoms with Crippen LogP contribution in [0.5, 0.6) is 5.75 Å². The third-order valence-corrected chi connectivity index (χ3v) is 3.68. The molecule has 2 aromatic rings. The van der Waals surface area contributed by atoms with Gasteiger partial charge in [0.25, 0.3) is 0 Å². The van der Waals surface area contributed by atoms with Gasteiger partial charge in [0.15, 0.2) is 0 Å². The molecule has 0 aliphatic carbocycles. The third-order valence-electron chi connectivity index (χ3n) is 2.68. The number of aromatic hydroxyl groups is 1. The molecule has 0 saturated heterocycles. The average molecular weight is 311 g/mol. The number of aryl methyl sites for hydroxylation is 2. The lowest BCUT2D eigenvalue weighted by Crippen LogP contribution is -1.95. The minimum Gasteiger partial charge on any atom is -0.506 e. The van der Waals surface area contributed by atoms with Gasteiger partial charge in [0.05, 0.1) is 10.2 Å². The zero-order chi connectivity index (χ0) is 13.4. The number of hydrogen-bond acceptors (Lipinski definition) is 3. The van der Waals surface area contributed by atoms with Crippen LogP contribution in [-0.4, -0.2) is 26.4 Å². The molecular weight excluding hydrogens is 300 g/mol. The molecule has 3 N–H and O–H groups in total. The predicted octanol–water partition coefficient (Wildman–Crippen LogP) is 2.86. The van der Waals surface area contributed by atoms with Crippen LogP contribution in [0.15, 0.2) is 16.6 Å². The number of hydrogen-bond donors (Lipinski definition) is 3. The molecule has 1 aromatic heterocycles. The quantitative estimate of drug-likeness (QED) is 0.796. The molecule has 0 bridgehead atoms. The van der Waals surface area contributed by atoms with Crippen molar-refractivity contribution >= 4 is 21.9 Å². The van der Waals surface area contributed by atoms with Gasteiger partial charge in [0.1, 0.15) is 11.4 Å². The molecule has 1 heterocycles. The molecular formula is C12H11BrN2O3. The highest BCUT2D eigenvalue weighted by Gasteiger charge is 2.17. The van der Waals surface area contributed by atoms with Gasteiger partial charge in [-0.25, -0.2) is 4.79 Å². The smallest absolute Gasteiger partial charge is 0.353 e. The van der Waals surface area contributed by atoms with Crippen molar-refractivity contribution in [2.45, 2.75) is 13.8 Å². The number of H-pyrrole nitrogens is 1. The molecule has 0 aliphatic rings. The van der Waals surface area contributed by atoms with Crippen molar-refractivity contribution < 1.29 is 15.0 Å². The van der Waals surface area contributed by atoms with E-state index in [1.54, 1.807) is 0 Å². The molecule has 5 nitrogen and oxygen atoms in total. The number of rotatable bonds is 2. The van der Waals surface area contributed by atoms with Crippen molar-refractivity contribution in [2.24, 2.45) is 0 Å². The topological polar surface area (TPSA) is 86.2 Å². The maximum absolute atomic E-state index is 10.8. The van der Waals surface area contributed by atoms with Gasteiger partial charge in [-0.1, -0.05) is 6.07 Å². The van der Waals surface area contributed by atoms with E-state index < -0.39 is 5.97 Å². The molecule has 18 heavy (non-hydrogen) atoms. The summed E-state index contributed by atoms with van der Waals surface area (Å²) in [4.78, 5) is 10.8. The van der Waals surface area contributed by atoms with Gasteiger partial charge in [-0.15, -0.1) is 0 Å². The SMILES string of the molecule is Cc1cc(C)c(-c2cc(C(=O)O)[nH]n2)c(O)c1Br. The van der Waals surface area contributed by atoms with E-state index >= 15 is 0 Å². The van der Waals surface area contributed by atoms with Gasteiger partial charge in [0.2, 0.25) is 0 Å². The molecule has 0 atom stereocenters. The Labute approximate surface area is 112 Å². The van der Waals surface area contributed by atoms with Gasteiger partial charge in [-0.05, 0) is 47.0 Å². The number of carboxylic acid groups (broad SMARTS) is 1. The summed E-state index contributed by atoms with van der Waals surface area (Å²) in [6.07, 6.45) is 0. The summed E-state index contributed by atoms with van der Waals surface area (Å²) in [5.74, 6) is -1.02. The third kappa shape index (κ3) is 1.99. The van der Waals surface area contributed by atoms with Crippen LogP contribution in [0.4, 0.5) is 0 Å². The van der Waals surface area contributed by atoms with E-state index in [1.807, 2.05) is 19.9 Å². The van der Waals surface area contributed by atoms with E-state index in [9.17, 15) is 9.90 Å². The minimum absolute atomic E-state index is 0.0134. The fraction of sp³-hybridized carbons (Fsp3) is 0.167. The summed E-state index contributed by atoms with van der Waals surface area (Å²) in [6.45, 7) is 3.71. The molecule has 0 amide bonds. The fourth-order valence-corrected chi connectivity index (χ4v) is 2.14. The summed E-state index contributed by atoms with van der Waals surface area (Å²) in [5.41, 5.74) is 2.65. The first kappa shape index (κ1) is 12.6. The zero-order valence-electron chi connectivity index (χ0n) is 9.78. The molecule has 0 saturated carbocycles. The van der Waals surface area contributed by atoms with Crippen LogP contribution in [0.1, 0.15) is 21.6 Å². The molecule has 0 unspecified atom stereocenters. The molecule has 94 valence electrons. The highest BCUT2D eigenvalue weighted by atomic mass is 79.9. The predicted molar refractivity (Wildman–Crippen MR) is 69.8 cm³/mol. The molecule has 1 aromatic carbocycles. The first-order valence-corrected chi connectivity index (χ1v) is 5.99. The number of aromatic carboxylic acids is 1. The Bertz CT molecular complexity index is 634. The average Bonchev–Trinajstić information content (AvgIpc) is 2.75. The molecule has 0 spiro atoms. The van der Waals surface area contributed by atoms with Crippen LogP contribution in [0.2, 0.25) is 0 Å². The van der Waals surface area contributed by atoms with Gasteiger partial charge in [-0.2, -0.15) is 5.10 Å². The number of carbonyl (C=O) groups is 1. The molecule has 6 heteroatoms. The Hall–Kier alpha value is -1.82. The number of aromatic amines is 1. The first-order chi connectivity index (χ1) is 8.41. The fourth-order valence-electron chi connectivity index (χ4n) is 1.83. The lowest BCUT2D eigenvalue weighted by molar-refractivity contribution is 0.0690. The highest BCUT2D eigenvalue weighted by Crippen LogP contribution is 2.39. The minimum atomic E-state index is -1.09. The molecule has 0 aliphatic heterocycles. The summed E-state index contributed by atoms with van der Waals surface area (Å²) in [5, 5.41) is 25.3. The zero-order valence-corrected chi connectivity index (χ0v) is 11.4. The number of carboxylic acids is 1. The van der Waals surface area contributed by atoms with E-state index in [4.69, 9.17) is 5.11 Å². The molecule has 0 radical (unpaired) electrons. The second kappa shape index (κ2) is 4.45. The number of benzene rings is 1. The van der Waals surface area contributed by atoms with Gasteiger partial charge in [-0.3, -0.25) is 5.10 Å². The van der Waals surface area contributed by atoms with Gasteiger partial charge < -0.3 is 10.2 Å². The van der Waals surface area contributed by atoms with E-state index in [-0.39, 0.29) is 11.4 Å². The van der Waals surface area contributed by atoms with Gasteiger partial charge in [0, 0.05) is 5.56 Å². The van der Waals surface area contributed by atoms with Crippen molar-refractivity contribution in [3.05, 3.63) is 33.4 Å². The number of phenols is 1. The monoisotopic (exact) mass is 310 g/mol. The molecule has 0 fully saturated rings. The number of nitrogens with zero attached hydrogens (tertiary/aromatic N) is 1. The van der Waals surface area contributed by atoms with E-state index in [0.717, 1.165) is 11.1 Å². The molecule has 2 rings (SSSR count). The summed E-state index contributed by atoms with van der Waals surface area (Å²) in [7, 11) is 0. The van der Waals surface area contributed by atoms with Crippen LogP contribution < -0.4 is 0 Å². The number of halogens is 1. The number of phenolic OH excluding ortho intramolecular Hbond substituents is 1. The van der Waals surface area contributed by atoms with Crippen LogP contribution in [0.3, 0.4) is 0 Å². The summed E-state index contributed by atoms with van der Waals surface area (Å²) >= 11 is 3.29. The normalized spacial score (nSPS) is 10.6. The maximum atomic E-state index is 10.8. The van der Waals surface area contributed by atoms with Crippen molar-refractivity contribution in [3.63, 3.8) is 0 Å². The summed E-state index contributed by atoms with van der Waals surface area (Å²) in [6, 6.07) is 3.29. The van der Waals surface area contributed by atoms with Crippen molar-refractivity contribution in [1.29, 1.82) is 0 Å². The summed E-state index contributed by atoms with van der Waals surface area (Å²) < 4.78 is 0.586. The van der Waals surface area contributed by atoms with Crippen LogP contribution in [-0.2, 0) is 0 Å².